The smallest absolute Gasteiger partial charge is 0.222 e. The number of nitrogens with zero attached hydrogens (tertiary/aromatic N) is 4. The first-order chi connectivity index (χ1) is 12.6. The molecule has 6 heteroatoms. The molecule has 0 aromatic carbocycles. The van der Waals surface area contributed by atoms with E-state index in [0.29, 0.717) is 11.3 Å². The minimum atomic E-state index is 0.330. The number of carbonyl (C=O) groups excluding carboxylic acids is 1. The molecular formula is C20H34N4O2. The molecule has 0 bridgehead atoms. The van der Waals surface area contributed by atoms with Gasteiger partial charge < -0.3 is 9.64 Å². The zero-order valence-electron chi connectivity index (χ0n) is 16.7. The Hall–Kier alpha value is -1.40. The Balaban J connectivity index is 1.53. The van der Waals surface area contributed by atoms with Crippen LogP contribution in [0.1, 0.15) is 50.3 Å². The highest BCUT2D eigenvalue weighted by Gasteiger charge is 2.40. The summed E-state index contributed by atoms with van der Waals surface area (Å²) in [6, 6.07) is 0. The maximum atomic E-state index is 12.3. The van der Waals surface area contributed by atoms with Gasteiger partial charge in [-0.15, -0.1) is 0 Å². The summed E-state index contributed by atoms with van der Waals surface area (Å²) in [5.74, 6) is 0.330. The van der Waals surface area contributed by atoms with E-state index in [-0.39, 0.29) is 0 Å². The lowest BCUT2D eigenvalue weighted by Crippen LogP contribution is -2.51. The van der Waals surface area contributed by atoms with Crippen molar-refractivity contribution in [1.29, 1.82) is 0 Å². The van der Waals surface area contributed by atoms with Gasteiger partial charge in [-0.1, -0.05) is 0 Å². The Labute approximate surface area is 157 Å². The second kappa shape index (κ2) is 8.53. The molecule has 0 aliphatic carbocycles. The molecule has 0 radical (unpaired) electrons. The molecule has 3 heterocycles. The molecule has 1 spiro atoms. The van der Waals surface area contributed by atoms with Gasteiger partial charge in [-0.05, 0) is 58.0 Å². The van der Waals surface area contributed by atoms with Crippen molar-refractivity contribution >= 4 is 5.91 Å². The molecule has 0 atom stereocenters. The number of amides is 1. The number of hydrogen-bond donors (Lipinski definition) is 0. The molecule has 3 rings (SSSR count). The Morgan fingerprint density at radius 3 is 2.69 bits per heavy atom. The first-order valence-corrected chi connectivity index (χ1v) is 10.1. The summed E-state index contributed by atoms with van der Waals surface area (Å²) in [7, 11) is 1.72. The molecular weight excluding hydrogens is 328 g/mol. The monoisotopic (exact) mass is 362 g/mol. The van der Waals surface area contributed by atoms with Crippen LogP contribution in [0.25, 0.3) is 0 Å². The van der Waals surface area contributed by atoms with Gasteiger partial charge in [0.05, 0.1) is 6.20 Å². The van der Waals surface area contributed by atoms with Gasteiger partial charge in [0.2, 0.25) is 5.91 Å². The van der Waals surface area contributed by atoms with E-state index in [9.17, 15) is 4.79 Å². The van der Waals surface area contributed by atoms with Gasteiger partial charge in [0.1, 0.15) is 0 Å². The lowest BCUT2D eigenvalue weighted by Gasteiger charge is -2.47. The third-order valence-electron chi connectivity index (χ3n) is 6.34. The summed E-state index contributed by atoms with van der Waals surface area (Å²) < 4.78 is 7.22. The molecule has 1 aromatic rings. The lowest BCUT2D eigenvalue weighted by atomic mass is 9.72. The summed E-state index contributed by atoms with van der Waals surface area (Å²) in [4.78, 5) is 16.9. The minimum Gasteiger partial charge on any atom is -0.385 e. The van der Waals surface area contributed by atoms with E-state index in [2.05, 4.69) is 33.4 Å². The number of carbonyl (C=O) groups is 1. The topological polar surface area (TPSA) is 50.6 Å². The molecule has 6 nitrogen and oxygen atoms in total. The molecule has 1 aromatic heterocycles. The zero-order chi connectivity index (χ0) is 18.6. The van der Waals surface area contributed by atoms with Crippen molar-refractivity contribution in [2.45, 2.75) is 59.0 Å². The van der Waals surface area contributed by atoms with E-state index < -0.39 is 0 Å². The molecule has 146 valence electrons. The predicted molar refractivity (Wildman–Crippen MR) is 102 cm³/mol. The summed E-state index contributed by atoms with van der Waals surface area (Å²) in [6.45, 7) is 11.0. The van der Waals surface area contributed by atoms with Crippen LogP contribution in [0.2, 0.25) is 0 Å². The van der Waals surface area contributed by atoms with E-state index in [1.807, 2.05) is 6.20 Å². The number of hydrogen-bond acceptors (Lipinski definition) is 4. The predicted octanol–water partition coefficient (Wildman–Crippen LogP) is 2.45. The van der Waals surface area contributed by atoms with Crippen molar-refractivity contribution in [2.75, 3.05) is 39.9 Å². The Morgan fingerprint density at radius 1 is 1.27 bits per heavy atom. The number of aromatic nitrogens is 2. The third-order valence-corrected chi connectivity index (χ3v) is 6.34. The maximum Gasteiger partial charge on any atom is 0.222 e. The largest absolute Gasteiger partial charge is 0.385 e. The van der Waals surface area contributed by atoms with Crippen LogP contribution in [0.15, 0.2) is 6.20 Å². The van der Waals surface area contributed by atoms with E-state index in [1.165, 1.54) is 24.1 Å². The molecule has 1 amide bonds. The normalized spacial score (nSPS) is 20.9. The summed E-state index contributed by atoms with van der Waals surface area (Å²) in [5.41, 5.74) is 2.98. The minimum absolute atomic E-state index is 0.330. The number of methoxy groups -OCH3 is 1. The van der Waals surface area contributed by atoms with Crippen LogP contribution in [-0.2, 0) is 22.6 Å². The Bertz CT molecular complexity index is 605. The number of ether oxygens (including phenoxy) is 1. The van der Waals surface area contributed by atoms with Gasteiger partial charge in [-0.25, -0.2) is 0 Å². The number of piperidine rings is 2. The van der Waals surface area contributed by atoms with Gasteiger partial charge in [0.25, 0.3) is 0 Å². The van der Waals surface area contributed by atoms with E-state index >= 15 is 0 Å². The number of aryl methyl sites for hydroxylation is 1. The highest BCUT2D eigenvalue weighted by molar-refractivity contribution is 5.77. The molecule has 0 unspecified atom stereocenters. The fraction of sp³-hybridized carbons (Fsp3) is 0.800. The average molecular weight is 363 g/mol. The van der Waals surface area contributed by atoms with Crippen LogP contribution >= 0.6 is 0 Å². The summed E-state index contributed by atoms with van der Waals surface area (Å²) in [5, 5.41) is 4.47. The first kappa shape index (κ1) is 19.4. The Morgan fingerprint density at radius 2 is 2.04 bits per heavy atom. The second-order valence-corrected chi connectivity index (χ2v) is 8.01. The zero-order valence-corrected chi connectivity index (χ0v) is 16.7. The fourth-order valence-electron chi connectivity index (χ4n) is 4.50. The van der Waals surface area contributed by atoms with Crippen molar-refractivity contribution < 1.29 is 9.53 Å². The van der Waals surface area contributed by atoms with Crippen molar-refractivity contribution in [3.63, 3.8) is 0 Å². The van der Waals surface area contributed by atoms with Crippen molar-refractivity contribution in [3.05, 3.63) is 17.5 Å². The van der Waals surface area contributed by atoms with E-state index in [4.69, 9.17) is 4.74 Å². The van der Waals surface area contributed by atoms with Crippen LogP contribution in [0.5, 0.6) is 0 Å². The lowest BCUT2D eigenvalue weighted by molar-refractivity contribution is -0.139. The van der Waals surface area contributed by atoms with E-state index in [0.717, 1.165) is 65.1 Å². The van der Waals surface area contributed by atoms with Crippen LogP contribution in [-0.4, -0.2) is 65.4 Å². The molecule has 2 aliphatic heterocycles. The number of rotatable bonds is 7. The first-order valence-electron chi connectivity index (χ1n) is 10.1. The SMILES string of the molecule is CCn1ncc(CN2CCC3(CCC(=O)N(CCCOC)C3)CC2)c1C. The number of likely N-dealkylation sites (tertiary alicyclic amines) is 2. The molecule has 0 N–H and O–H groups in total. The summed E-state index contributed by atoms with van der Waals surface area (Å²) in [6.07, 6.45) is 7.14. The van der Waals surface area contributed by atoms with Crippen LogP contribution in [0.3, 0.4) is 0 Å². The maximum absolute atomic E-state index is 12.3. The standard InChI is InChI=1S/C20H34N4O2/c1-4-24-17(2)18(14-21-24)15-22-11-8-20(9-12-22)7-6-19(25)23(16-20)10-5-13-26-3/h14H,4-13,15-16H2,1-3H3. The van der Waals surface area contributed by atoms with Crippen LogP contribution < -0.4 is 0 Å². The quantitative estimate of drug-likeness (QED) is 0.699. The molecule has 2 fully saturated rings. The molecule has 26 heavy (non-hydrogen) atoms. The van der Waals surface area contributed by atoms with Gasteiger partial charge in [-0.2, -0.15) is 5.10 Å². The van der Waals surface area contributed by atoms with Gasteiger partial charge in [0, 0.05) is 57.6 Å². The van der Waals surface area contributed by atoms with Gasteiger partial charge in [0.15, 0.2) is 0 Å². The van der Waals surface area contributed by atoms with Crippen LogP contribution in [0, 0.1) is 12.3 Å². The highest BCUT2D eigenvalue weighted by atomic mass is 16.5. The molecule has 2 aliphatic rings. The fourth-order valence-corrected chi connectivity index (χ4v) is 4.50. The van der Waals surface area contributed by atoms with Crippen molar-refractivity contribution in [1.82, 2.24) is 19.6 Å². The second-order valence-electron chi connectivity index (χ2n) is 8.01. The third kappa shape index (κ3) is 4.29. The molecule has 0 saturated carbocycles. The molecule has 2 saturated heterocycles. The van der Waals surface area contributed by atoms with Crippen molar-refractivity contribution in [3.8, 4) is 0 Å². The Kier molecular flexibility index (Phi) is 6.35. The summed E-state index contributed by atoms with van der Waals surface area (Å²) >= 11 is 0. The van der Waals surface area contributed by atoms with Crippen molar-refractivity contribution in [2.24, 2.45) is 5.41 Å². The highest BCUT2D eigenvalue weighted by Crippen LogP contribution is 2.40. The van der Waals surface area contributed by atoms with Gasteiger partial charge in [-0.3, -0.25) is 14.4 Å². The van der Waals surface area contributed by atoms with E-state index in [1.54, 1.807) is 7.11 Å². The van der Waals surface area contributed by atoms with Gasteiger partial charge >= 0.3 is 0 Å². The average Bonchev–Trinajstić information content (AvgIpc) is 3.00. The van der Waals surface area contributed by atoms with Crippen LogP contribution in [0.4, 0.5) is 0 Å².